The van der Waals surface area contributed by atoms with Crippen LogP contribution in [0.3, 0.4) is 0 Å². The number of ether oxygens (including phenoxy) is 2. The average Bonchev–Trinajstić information content (AvgIpc) is 3.08. The minimum atomic E-state index is -4.77. The lowest BCUT2D eigenvalue weighted by molar-refractivity contribution is -0.161. The fourth-order valence-corrected chi connectivity index (χ4v) is 4.97. The Hall–Kier alpha value is -2.77. The van der Waals surface area contributed by atoms with Gasteiger partial charge in [-0.15, -0.1) is 0 Å². The van der Waals surface area contributed by atoms with E-state index in [1.165, 1.54) is 6.42 Å². The molecule has 0 heterocycles. The molecule has 0 saturated carbocycles. The molecule has 0 amide bonds. The van der Waals surface area contributed by atoms with E-state index in [9.17, 15) is 14.2 Å². The first-order valence-electron chi connectivity index (χ1n) is 18.9. The van der Waals surface area contributed by atoms with Crippen LogP contribution in [-0.2, 0) is 28.2 Å². The van der Waals surface area contributed by atoms with E-state index in [4.69, 9.17) is 19.3 Å². The van der Waals surface area contributed by atoms with Gasteiger partial charge in [0.15, 0.2) is 6.10 Å². The molecule has 0 aliphatic rings. The van der Waals surface area contributed by atoms with Crippen LogP contribution in [0.5, 0.6) is 0 Å². The number of carbonyl (C=O) groups excluding carboxylic acids is 2. The summed E-state index contributed by atoms with van der Waals surface area (Å²) in [5.74, 6) is -0.951. The maximum Gasteiger partial charge on any atom is 0.469 e. The Bertz CT molecular complexity index is 1080. The summed E-state index contributed by atoms with van der Waals surface area (Å²) in [6, 6.07) is 0. The van der Waals surface area contributed by atoms with E-state index >= 15 is 0 Å². The molecule has 0 rings (SSSR count). The largest absolute Gasteiger partial charge is 0.469 e. The van der Waals surface area contributed by atoms with E-state index in [1.807, 2.05) is 0 Å². The van der Waals surface area contributed by atoms with Gasteiger partial charge in [0.2, 0.25) is 0 Å². The fraction of sp³-hybridized carbons (Fsp3) is 0.610. The van der Waals surface area contributed by atoms with Crippen LogP contribution in [0.1, 0.15) is 142 Å². The number of phosphoric acid groups is 1. The quantitative estimate of drug-likeness (QED) is 0.0298. The summed E-state index contributed by atoms with van der Waals surface area (Å²) in [7, 11) is -4.77. The van der Waals surface area contributed by atoms with Gasteiger partial charge in [0, 0.05) is 12.8 Å². The highest BCUT2D eigenvalue weighted by atomic mass is 31.2. The van der Waals surface area contributed by atoms with Crippen molar-refractivity contribution in [2.75, 3.05) is 13.2 Å². The summed E-state index contributed by atoms with van der Waals surface area (Å²) in [5, 5.41) is 0. The Labute approximate surface area is 303 Å². The summed E-state index contributed by atoms with van der Waals surface area (Å²) >= 11 is 0. The van der Waals surface area contributed by atoms with Gasteiger partial charge in [-0.05, 0) is 83.5 Å². The number of allylic oxidation sites excluding steroid dienone is 14. The Morgan fingerprint density at radius 2 is 0.960 bits per heavy atom. The molecule has 0 aromatic rings. The van der Waals surface area contributed by atoms with Crippen molar-refractivity contribution in [3.05, 3.63) is 85.1 Å². The van der Waals surface area contributed by atoms with Crippen molar-refractivity contribution < 1.29 is 37.9 Å². The molecule has 0 spiro atoms. The Balaban J connectivity index is 4.09. The molecular formula is C41H67O8P. The van der Waals surface area contributed by atoms with Crippen molar-refractivity contribution in [3.8, 4) is 0 Å². The van der Waals surface area contributed by atoms with Crippen LogP contribution in [0.4, 0.5) is 0 Å². The molecule has 0 radical (unpaired) electrons. The normalized spacial score (nSPS) is 13.4. The zero-order valence-corrected chi connectivity index (χ0v) is 31.9. The van der Waals surface area contributed by atoms with Gasteiger partial charge in [0.1, 0.15) is 6.61 Å². The van der Waals surface area contributed by atoms with E-state index in [0.29, 0.717) is 12.8 Å². The molecule has 0 fully saturated rings. The summed E-state index contributed by atoms with van der Waals surface area (Å²) in [4.78, 5) is 42.7. The van der Waals surface area contributed by atoms with E-state index in [1.54, 1.807) is 0 Å². The van der Waals surface area contributed by atoms with E-state index in [-0.39, 0.29) is 19.4 Å². The Morgan fingerprint density at radius 3 is 1.46 bits per heavy atom. The van der Waals surface area contributed by atoms with E-state index < -0.39 is 32.5 Å². The van der Waals surface area contributed by atoms with Crippen LogP contribution in [0, 0.1) is 0 Å². The van der Waals surface area contributed by atoms with Gasteiger partial charge in [-0.25, -0.2) is 4.57 Å². The maximum atomic E-state index is 12.4. The molecule has 0 aliphatic heterocycles. The highest BCUT2D eigenvalue weighted by Gasteiger charge is 2.22. The second kappa shape index (κ2) is 36.0. The number of rotatable bonds is 33. The lowest BCUT2D eigenvalue weighted by Crippen LogP contribution is -2.29. The first-order chi connectivity index (χ1) is 24.3. The average molecular weight is 719 g/mol. The van der Waals surface area contributed by atoms with Crippen LogP contribution >= 0.6 is 7.82 Å². The van der Waals surface area contributed by atoms with Crippen LogP contribution < -0.4 is 0 Å². The van der Waals surface area contributed by atoms with Crippen LogP contribution in [-0.4, -0.2) is 41.0 Å². The number of phosphoric ester groups is 1. The Morgan fingerprint density at radius 1 is 0.540 bits per heavy atom. The molecule has 0 aliphatic carbocycles. The van der Waals surface area contributed by atoms with E-state index in [0.717, 1.165) is 96.3 Å². The van der Waals surface area contributed by atoms with Crippen LogP contribution in [0.25, 0.3) is 0 Å². The monoisotopic (exact) mass is 718 g/mol. The molecule has 50 heavy (non-hydrogen) atoms. The summed E-state index contributed by atoms with van der Waals surface area (Å²) in [6.45, 7) is 3.44. The number of hydrogen-bond acceptors (Lipinski definition) is 6. The van der Waals surface area contributed by atoms with Gasteiger partial charge >= 0.3 is 19.8 Å². The first-order valence-corrected chi connectivity index (χ1v) is 20.4. The van der Waals surface area contributed by atoms with Gasteiger partial charge in [0.05, 0.1) is 6.61 Å². The standard InChI is InChI=1S/C41H67O8P/c1-3-5-7-9-11-13-15-17-19-20-22-24-26-28-30-32-34-36-41(43)49-39(38-48-50(44,45)46)37-47-40(42)35-33-31-29-27-25-23-21-18-16-14-12-10-8-6-4-2/h6-9,12-15,18-21,24,26,39H,3-5,10-11,16-17,22-23,25,27-38H2,1-2H3,(H2,44,45,46)/b8-6+,9-7+,14-12+,15-13+,20-19+,21-18+,26-24+/t39-/m1/s1. The van der Waals surface area contributed by atoms with Crippen molar-refractivity contribution in [1.82, 2.24) is 0 Å². The molecule has 0 aromatic carbocycles. The zero-order valence-electron chi connectivity index (χ0n) is 31.0. The number of unbranched alkanes of at least 4 members (excludes halogenated alkanes) is 9. The third kappa shape index (κ3) is 38.0. The maximum absolute atomic E-state index is 12.4. The lowest BCUT2D eigenvalue weighted by Gasteiger charge is -2.18. The SMILES string of the molecule is CC/C=C/C/C=C/C/C=C/CCCCCCCC(=O)OC[C@H](COP(=O)(O)O)OC(=O)CCCCC/C=C/C/C=C/C/C=C/C/C=C/CCC. The van der Waals surface area contributed by atoms with Gasteiger partial charge < -0.3 is 19.3 Å². The number of hydrogen-bond donors (Lipinski definition) is 2. The molecule has 0 bridgehead atoms. The third-order valence-electron chi connectivity index (χ3n) is 7.38. The fourth-order valence-electron chi connectivity index (χ4n) is 4.61. The molecule has 9 heteroatoms. The third-order valence-corrected chi connectivity index (χ3v) is 7.86. The molecule has 0 aromatic heterocycles. The van der Waals surface area contributed by atoms with E-state index in [2.05, 4.69) is 103 Å². The summed E-state index contributed by atoms with van der Waals surface area (Å²) in [6.07, 6.45) is 47.3. The smallest absolute Gasteiger partial charge is 0.462 e. The van der Waals surface area contributed by atoms with Crippen LogP contribution in [0.2, 0.25) is 0 Å². The number of carbonyl (C=O) groups is 2. The van der Waals surface area contributed by atoms with Crippen molar-refractivity contribution in [3.63, 3.8) is 0 Å². The minimum absolute atomic E-state index is 0.165. The van der Waals surface area contributed by atoms with Crippen molar-refractivity contribution in [2.24, 2.45) is 0 Å². The minimum Gasteiger partial charge on any atom is -0.462 e. The van der Waals surface area contributed by atoms with Crippen molar-refractivity contribution in [1.29, 1.82) is 0 Å². The van der Waals surface area contributed by atoms with Crippen LogP contribution in [0.15, 0.2) is 85.1 Å². The highest BCUT2D eigenvalue weighted by molar-refractivity contribution is 7.46. The molecule has 0 saturated heterocycles. The molecule has 8 nitrogen and oxygen atoms in total. The number of esters is 2. The summed E-state index contributed by atoms with van der Waals surface area (Å²) in [5.41, 5.74) is 0. The first kappa shape index (κ1) is 47.2. The predicted octanol–water partition coefficient (Wildman–Crippen LogP) is 11.3. The lowest BCUT2D eigenvalue weighted by atomic mass is 10.1. The highest BCUT2D eigenvalue weighted by Crippen LogP contribution is 2.35. The molecular weight excluding hydrogens is 651 g/mol. The zero-order chi connectivity index (χ0) is 36.8. The summed E-state index contributed by atoms with van der Waals surface area (Å²) < 4.78 is 26.3. The molecule has 1 atom stereocenters. The molecule has 284 valence electrons. The second-order valence-corrected chi connectivity index (χ2v) is 13.4. The topological polar surface area (TPSA) is 119 Å². The van der Waals surface area contributed by atoms with Crippen molar-refractivity contribution >= 4 is 19.8 Å². The van der Waals surface area contributed by atoms with Gasteiger partial charge in [-0.3, -0.25) is 14.1 Å². The Kier molecular flexibility index (Phi) is 34.0. The van der Waals surface area contributed by atoms with Gasteiger partial charge in [0.25, 0.3) is 0 Å². The van der Waals surface area contributed by atoms with Gasteiger partial charge in [-0.2, -0.15) is 0 Å². The molecule has 0 unspecified atom stereocenters. The molecule has 2 N–H and O–H groups in total. The van der Waals surface area contributed by atoms with Gasteiger partial charge in [-0.1, -0.05) is 131 Å². The van der Waals surface area contributed by atoms with Crippen molar-refractivity contribution in [2.45, 2.75) is 148 Å². The second-order valence-electron chi connectivity index (χ2n) is 12.2. The predicted molar refractivity (Wildman–Crippen MR) is 207 cm³/mol.